The molecule has 1 aromatic heterocycles. The number of nitrogen functional groups attached to an aromatic ring is 1. The first-order chi connectivity index (χ1) is 12.5. The number of benzene rings is 1. The van der Waals surface area contributed by atoms with Gasteiger partial charge in [0, 0.05) is 24.0 Å². The third-order valence-corrected chi connectivity index (χ3v) is 5.82. The van der Waals surface area contributed by atoms with Crippen LogP contribution >= 0.6 is 11.3 Å². The van der Waals surface area contributed by atoms with E-state index < -0.39 is 0 Å². The van der Waals surface area contributed by atoms with E-state index in [4.69, 9.17) is 24.7 Å². The Hall–Kier alpha value is -2.25. The van der Waals surface area contributed by atoms with Crippen molar-refractivity contribution in [2.75, 3.05) is 34.2 Å². The third kappa shape index (κ3) is 3.12. The highest BCUT2D eigenvalue weighted by Gasteiger charge is 2.29. The zero-order valence-corrected chi connectivity index (χ0v) is 16.2. The number of hydrogen-bond donors (Lipinski definition) is 1. The van der Waals surface area contributed by atoms with Gasteiger partial charge in [0.15, 0.2) is 17.3 Å². The maximum absolute atomic E-state index is 13.2. The first kappa shape index (κ1) is 18.5. The lowest BCUT2D eigenvalue weighted by atomic mass is 9.90. The molecule has 1 atom stereocenters. The number of fused-ring (bicyclic) bond motifs is 1. The van der Waals surface area contributed by atoms with Crippen LogP contribution in [-0.4, -0.2) is 40.3 Å². The predicted octanol–water partition coefficient (Wildman–Crippen LogP) is 3.09. The molecule has 2 N–H and O–H groups in total. The molecule has 0 saturated carbocycles. The van der Waals surface area contributed by atoms with Crippen LogP contribution < -0.4 is 19.9 Å². The van der Waals surface area contributed by atoms with Crippen LogP contribution in [0.1, 0.15) is 32.8 Å². The van der Waals surface area contributed by atoms with Gasteiger partial charge in [0.1, 0.15) is 0 Å². The molecule has 26 heavy (non-hydrogen) atoms. The van der Waals surface area contributed by atoms with E-state index in [9.17, 15) is 4.79 Å². The van der Waals surface area contributed by atoms with Gasteiger partial charge in [0.25, 0.3) is 0 Å². The van der Waals surface area contributed by atoms with E-state index in [1.807, 2.05) is 0 Å². The third-order valence-electron chi connectivity index (χ3n) is 4.73. The molecule has 0 spiro atoms. The minimum Gasteiger partial charge on any atom is -0.493 e. The summed E-state index contributed by atoms with van der Waals surface area (Å²) in [7, 11) is 6.30. The van der Waals surface area contributed by atoms with E-state index in [0.29, 0.717) is 33.4 Å². The molecule has 1 heterocycles. The minimum absolute atomic E-state index is 0.130. The van der Waals surface area contributed by atoms with Gasteiger partial charge in [-0.3, -0.25) is 4.79 Å². The summed E-state index contributed by atoms with van der Waals surface area (Å²) < 4.78 is 21.5. The first-order valence-corrected chi connectivity index (χ1v) is 9.13. The Kier molecular flexibility index (Phi) is 5.38. The monoisotopic (exact) mass is 377 g/mol. The summed E-state index contributed by atoms with van der Waals surface area (Å²) in [5.74, 6) is 1.21. The second-order valence-corrected chi connectivity index (χ2v) is 7.22. The van der Waals surface area contributed by atoms with Crippen LogP contribution in [0.25, 0.3) is 0 Å². The molecule has 0 radical (unpaired) electrons. The Morgan fingerprint density at radius 3 is 2.31 bits per heavy atom. The van der Waals surface area contributed by atoms with Crippen molar-refractivity contribution >= 4 is 22.1 Å². The summed E-state index contributed by atoms with van der Waals surface area (Å²) >= 11 is 1.48. The molecular weight excluding hydrogens is 354 g/mol. The fourth-order valence-electron chi connectivity index (χ4n) is 3.38. The van der Waals surface area contributed by atoms with E-state index >= 15 is 0 Å². The molecule has 140 valence electrons. The van der Waals surface area contributed by atoms with E-state index in [0.717, 1.165) is 29.7 Å². The normalized spacial score (nSPS) is 16.1. The number of ketones is 1. The van der Waals surface area contributed by atoms with Gasteiger partial charge in [0.2, 0.25) is 5.75 Å². The van der Waals surface area contributed by atoms with Crippen LogP contribution in [0.5, 0.6) is 17.2 Å². The molecule has 1 aromatic carbocycles. The van der Waals surface area contributed by atoms with Crippen molar-refractivity contribution in [3.05, 3.63) is 33.7 Å². The zero-order valence-electron chi connectivity index (χ0n) is 15.4. The van der Waals surface area contributed by atoms with E-state index in [1.54, 1.807) is 19.2 Å². The SMILES string of the molecule is COc1cc(C(=O)c2c(N)sc3c2CCC(OC)C3)cc(OC)c1OC. The van der Waals surface area contributed by atoms with Crippen molar-refractivity contribution in [1.29, 1.82) is 0 Å². The second-order valence-electron chi connectivity index (χ2n) is 6.09. The average molecular weight is 377 g/mol. The van der Waals surface area contributed by atoms with Crippen molar-refractivity contribution in [2.45, 2.75) is 25.4 Å². The lowest BCUT2D eigenvalue weighted by Crippen LogP contribution is -2.21. The largest absolute Gasteiger partial charge is 0.493 e. The molecule has 0 aliphatic heterocycles. The van der Waals surface area contributed by atoms with Crippen LogP contribution in [0, 0.1) is 0 Å². The van der Waals surface area contributed by atoms with Crippen LogP contribution in [0.4, 0.5) is 5.00 Å². The van der Waals surface area contributed by atoms with Gasteiger partial charge >= 0.3 is 0 Å². The Morgan fingerprint density at radius 1 is 1.12 bits per heavy atom. The Morgan fingerprint density at radius 2 is 1.77 bits per heavy atom. The van der Waals surface area contributed by atoms with E-state index in [-0.39, 0.29) is 11.9 Å². The summed E-state index contributed by atoms with van der Waals surface area (Å²) in [4.78, 5) is 14.4. The highest BCUT2D eigenvalue weighted by atomic mass is 32.1. The van der Waals surface area contributed by atoms with E-state index in [2.05, 4.69) is 0 Å². The predicted molar refractivity (Wildman–Crippen MR) is 101 cm³/mol. The number of rotatable bonds is 6. The summed E-state index contributed by atoms with van der Waals surface area (Å²) in [5, 5.41) is 0.547. The van der Waals surface area contributed by atoms with Crippen molar-refractivity contribution in [3.63, 3.8) is 0 Å². The molecule has 0 fully saturated rings. The summed E-state index contributed by atoms with van der Waals surface area (Å²) in [6.07, 6.45) is 2.65. The standard InChI is InChI=1S/C19H23NO5S/c1-22-11-5-6-12-15(9-11)26-19(20)16(12)17(21)10-7-13(23-2)18(25-4)14(8-10)24-3/h7-8,11H,5-6,9,20H2,1-4H3. The van der Waals surface area contributed by atoms with Gasteiger partial charge < -0.3 is 24.7 Å². The number of hydrogen-bond acceptors (Lipinski definition) is 7. The Labute approximate surface area is 156 Å². The number of thiophene rings is 1. The molecule has 1 aliphatic carbocycles. The summed E-state index contributed by atoms with van der Waals surface area (Å²) in [5.41, 5.74) is 8.30. The molecule has 1 aliphatic rings. The first-order valence-electron chi connectivity index (χ1n) is 8.31. The summed E-state index contributed by atoms with van der Waals surface area (Å²) in [6, 6.07) is 3.32. The number of carbonyl (C=O) groups is 1. The van der Waals surface area contributed by atoms with Crippen molar-refractivity contribution < 1.29 is 23.7 Å². The molecule has 0 saturated heterocycles. The van der Waals surface area contributed by atoms with Crippen LogP contribution in [0.3, 0.4) is 0 Å². The van der Waals surface area contributed by atoms with Gasteiger partial charge in [-0.25, -0.2) is 0 Å². The van der Waals surface area contributed by atoms with Crippen molar-refractivity contribution in [1.82, 2.24) is 0 Å². The fourth-order valence-corrected chi connectivity index (χ4v) is 4.56. The topological polar surface area (TPSA) is 80.0 Å². The zero-order chi connectivity index (χ0) is 18.8. The lowest BCUT2D eigenvalue weighted by Gasteiger charge is -2.21. The molecule has 0 bridgehead atoms. The van der Waals surface area contributed by atoms with Crippen LogP contribution in [0.15, 0.2) is 12.1 Å². The van der Waals surface area contributed by atoms with Gasteiger partial charge in [-0.15, -0.1) is 11.3 Å². The maximum Gasteiger partial charge on any atom is 0.203 e. The average Bonchev–Trinajstić information content (AvgIpc) is 3.00. The number of methoxy groups -OCH3 is 4. The lowest BCUT2D eigenvalue weighted by molar-refractivity contribution is 0.0914. The number of ether oxygens (including phenoxy) is 4. The maximum atomic E-state index is 13.2. The molecule has 0 amide bonds. The minimum atomic E-state index is -0.130. The van der Waals surface area contributed by atoms with Crippen molar-refractivity contribution in [2.24, 2.45) is 0 Å². The van der Waals surface area contributed by atoms with Gasteiger partial charge in [-0.05, 0) is 30.5 Å². The van der Waals surface area contributed by atoms with Gasteiger partial charge in [-0.2, -0.15) is 0 Å². The number of carbonyl (C=O) groups excluding carboxylic acids is 1. The molecule has 1 unspecified atom stereocenters. The second kappa shape index (κ2) is 7.55. The number of nitrogens with two attached hydrogens (primary N) is 1. The Balaban J connectivity index is 2.05. The molecule has 3 rings (SSSR count). The smallest absolute Gasteiger partial charge is 0.203 e. The molecule has 6 nitrogen and oxygen atoms in total. The van der Waals surface area contributed by atoms with Gasteiger partial charge in [-0.1, -0.05) is 0 Å². The number of anilines is 1. The van der Waals surface area contributed by atoms with Gasteiger partial charge in [0.05, 0.1) is 38.0 Å². The highest BCUT2D eigenvalue weighted by molar-refractivity contribution is 7.16. The Bertz CT molecular complexity index is 805. The quantitative estimate of drug-likeness (QED) is 0.779. The highest BCUT2D eigenvalue weighted by Crippen LogP contribution is 2.41. The van der Waals surface area contributed by atoms with Crippen molar-refractivity contribution in [3.8, 4) is 17.2 Å². The fraction of sp³-hybridized carbons (Fsp3) is 0.421. The molecule has 2 aromatic rings. The molecular formula is C19H23NO5S. The van der Waals surface area contributed by atoms with E-state index in [1.165, 1.54) is 32.7 Å². The van der Waals surface area contributed by atoms with Crippen LogP contribution in [0.2, 0.25) is 0 Å². The van der Waals surface area contributed by atoms with Crippen LogP contribution in [-0.2, 0) is 17.6 Å². The summed E-state index contributed by atoms with van der Waals surface area (Å²) in [6.45, 7) is 0. The molecule has 7 heteroatoms.